The number of aryl methyl sites for hydroxylation is 2. The summed E-state index contributed by atoms with van der Waals surface area (Å²) >= 11 is 18.4. The molecule has 2 aromatic carbocycles. The molecule has 0 spiro atoms. The van der Waals surface area contributed by atoms with E-state index in [1.165, 1.54) is 5.56 Å². The fraction of sp³-hybridized carbons (Fsp3) is 0.211. The fourth-order valence-corrected chi connectivity index (χ4v) is 3.56. The number of nitrogens with two attached hydrogens (primary N) is 1. The van der Waals surface area contributed by atoms with E-state index in [2.05, 4.69) is 15.6 Å². The van der Waals surface area contributed by atoms with E-state index in [4.69, 9.17) is 40.5 Å². The van der Waals surface area contributed by atoms with E-state index in [1.54, 1.807) is 6.07 Å². The Morgan fingerprint density at radius 1 is 0.960 bits per heavy atom. The Balaban J connectivity index is 1.89. The van der Waals surface area contributed by atoms with Crippen LogP contribution in [0.4, 0.5) is 0 Å². The van der Waals surface area contributed by atoms with Crippen molar-refractivity contribution in [2.24, 2.45) is 5.73 Å². The Labute approximate surface area is 162 Å². The summed E-state index contributed by atoms with van der Waals surface area (Å²) in [5, 5.41) is 1.94. The van der Waals surface area contributed by atoms with Gasteiger partial charge in [0, 0.05) is 34.3 Å². The molecule has 6 heteroatoms. The molecule has 0 radical (unpaired) electrons. The van der Waals surface area contributed by atoms with Crippen molar-refractivity contribution in [3.8, 4) is 11.3 Å². The lowest BCUT2D eigenvalue weighted by molar-refractivity contribution is 0.658. The maximum Gasteiger partial charge on any atom is 0.0956 e. The second-order valence-electron chi connectivity index (χ2n) is 5.78. The van der Waals surface area contributed by atoms with Gasteiger partial charge in [-0.3, -0.25) is 0 Å². The molecule has 0 unspecified atom stereocenters. The molecule has 3 aromatic rings. The standard InChI is InChI=1S/C19H18Cl3N3/c20-14-3-1-2-13(10-14)7-9-25-12-24-19(18(25)6-8-23)16-5-4-15(21)11-17(16)22/h1-5,10-12H,6-9,23H2. The first-order valence-corrected chi connectivity index (χ1v) is 9.16. The van der Waals surface area contributed by atoms with Crippen LogP contribution in [0.5, 0.6) is 0 Å². The first-order valence-electron chi connectivity index (χ1n) is 8.02. The van der Waals surface area contributed by atoms with Crippen molar-refractivity contribution in [1.29, 1.82) is 0 Å². The Hall–Kier alpha value is -1.52. The molecule has 0 atom stereocenters. The Bertz CT molecular complexity index is 874. The number of hydrogen-bond donors (Lipinski definition) is 1. The highest BCUT2D eigenvalue weighted by atomic mass is 35.5. The number of imidazole rings is 1. The first kappa shape index (κ1) is 18.3. The molecule has 0 bridgehead atoms. The van der Waals surface area contributed by atoms with E-state index in [1.807, 2.05) is 36.7 Å². The topological polar surface area (TPSA) is 43.8 Å². The summed E-state index contributed by atoms with van der Waals surface area (Å²) in [7, 11) is 0. The summed E-state index contributed by atoms with van der Waals surface area (Å²) in [6.45, 7) is 1.34. The van der Waals surface area contributed by atoms with Gasteiger partial charge in [0.1, 0.15) is 0 Å². The first-order chi connectivity index (χ1) is 12.1. The monoisotopic (exact) mass is 393 g/mol. The molecule has 0 saturated carbocycles. The fourth-order valence-electron chi connectivity index (χ4n) is 2.85. The molecule has 0 aliphatic carbocycles. The average Bonchev–Trinajstić information content (AvgIpc) is 2.96. The third-order valence-electron chi connectivity index (χ3n) is 4.04. The number of halogens is 3. The van der Waals surface area contributed by atoms with Gasteiger partial charge in [-0.05, 0) is 48.9 Å². The summed E-state index contributed by atoms with van der Waals surface area (Å²) in [5.74, 6) is 0. The molecule has 130 valence electrons. The number of nitrogens with zero attached hydrogens (tertiary/aromatic N) is 2. The number of aromatic nitrogens is 2. The molecule has 0 aliphatic rings. The van der Waals surface area contributed by atoms with E-state index in [0.29, 0.717) is 16.6 Å². The van der Waals surface area contributed by atoms with E-state index in [-0.39, 0.29) is 0 Å². The Morgan fingerprint density at radius 3 is 2.48 bits per heavy atom. The van der Waals surface area contributed by atoms with Crippen molar-refractivity contribution in [2.75, 3.05) is 6.54 Å². The van der Waals surface area contributed by atoms with Gasteiger partial charge in [-0.15, -0.1) is 0 Å². The lowest BCUT2D eigenvalue weighted by Gasteiger charge is -2.11. The number of rotatable bonds is 6. The quantitative estimate of drug-likeness (QED) is 0.620. The van der Waals surface area contributed by atoms with E-state index in [0.717, 1.165) is 41.4 Å². The lowest BCUT2D eigenvalue weighted by Crippen LogP contribution is -2.11. The highest BCUT2D eigenvalue weighted by Gasteiger charge is 2.15. The maximum absolute atomic E-state index is 6.36. The van der Waals surface area contributed by atoms with Gasteiger partial charge in [0.25, 0.3) is 0 Å². The molecule has 0 fully saturated rings. The van der Waals surface area contributed by atoms with Gasteiger partial charge in [0.15, 0.2) is 0 Å². The molecular weight excluding hydrogens is 377 g/mol. The zero-order chi connectivity index (χ0) is 17.8. The predicted molar refractivity (Wildman–Crippen MR) is 106 cm³/mol. The largest absolute Gasteiger partial charge is 0.334 e. The van der Waals surface area contributed by atoms with E-state index >= 15 is 0 Å². The predicted octanol–water partition coefficient (Wildman–Crippen LogP) is 5.25. The molecule has 1 heterocycles. The third kappa shape index (κ3) is 4.36. The van der Waals surface area contributed by atoms with Gasteiger partial charge in [-0.2, -0.15) is 0 Å². The Morgan fingerprint density at radius 2 is 1.76 bits per heavy atom. The minimum atomic E-state index is 0.543. The van der Waals surface area contributed by atoms with Crippen LogP contribution in [-0.4, -0.2) is 16.1 Å². The highest BCUT2D eigenvalue weighted by Crippen LogP contribution is 2.32. The van der Waals surface area contributed by atoms with Crippen molar-refractivity contribution >= 4 is 34.8 Å². The van der Waals surface area contributed by atoms with Crippen molar-refractivity contribution in [2.45, 2.75) is 19.4 Å². The van der Waals surface area contributed by atoms with Crippen LogP contribution in [0.3, 0.4) is 0 Å². The minimum absolute atomic E-state index is 0.543. The number of hydrogen-bond acceptors (Lipinski definition) is 2. The number of benzene rings is 2. The normalized spacial score (nSPS) is 11.0. The Kier molecular flexibility index (Phi) is 6.02. The van der Waals surface area contributed by atoms with Crippen LogP contribution in [0.15, 0.2) is 48.8 Å². The second-order valence-corrected chi connectivity index (χ2v) is 7.06. The van der Waals surface area contributed by atoms with Crippen molar-refractivity contribution in [1.82, 2.24) is 9.55 Å². The molecule has 2 N–H and O–H groups in total. The van der Waals surface area contributed by atoms with E-state index < -0.39 is 0 Å². The summed E-state index contributed by atoms with van der Waals surface area (Å²) in [6.07, 6.45) is 3.43. The van der Waals surface area contributed by atoms with Crippen molar-refractivity contribution in [3.63, 3.8) is 0 Å². The highest BCUT2D eigenvalue weighted by molar-refractivity contribution is 6.36. The summed E-state index contributed by atoms with van der Waals surface area (Å²) in [5.41, 5.74) is 9.81. The van der Waals surface area contributed by atoms with Gasteiger partial charge in [-0.25, -0.2) is 4.98 Å². The van der Waals surface area contributed by atoms with Crippen LogP contribution in [0, 0.1) is 0 Å². The maximum atomic E-state index is 6.36. The van der Waals surface area contributed by atoms with Crippen LogP contribution in [-0.2, 0) is 19.4 Å². The van der Waals surface area contributed by atoms with Crippen LogP contribution < -0.4 is 5.73 Å². The smallest absolute Gasteiger partial charge is 0.0956 e. The molecule has 1 aromatic heterocycles. The zero-order valence-electron chi connectivity index (χ0n) is 13.6. The average molecular weight is 395 g/mol. The van der Waals surface area contributed by atoms with Gasteiger partial charge >= 0.3 is 0 Å². The molecule has 3 nitrogen and oxygen atoms in total. The lowest BCUT2D eigenvalue weighted by atomic mass is 10.1. The third-order valence-corrected chi connectivity index (χ3v) is 4.83. The van der Waals surface area contributed by atoms with Crippen LogP contribution in [0.2, 0.25) is 15.1 Å². The molecule has 0 aliphatic heterocycles. The van der Waals surface area contributed by atoms with Gasteiger partial charge in [0.2, 0.25) is 0 Å². The second kappa shape index (κ2) is 8.24. The van der Waals surface area contributed by atoms with E-state index in [9.17, 15) is 0 Å². The molecule has 0 saturated heterocycles. The molecule has 0 amide bonds. The van der Waals surface area contributed by atoms with Gasteiger partial charge < -0.3 is 10.3 Å². The minimum Gasteiger partial charge on any atom is -0.334 e. The molecule has 25 heavy (non-hydrogen) atoms. The summed E-state index contributed by atoms with van der Waals surface area (Å²) in [4.78, 5) is 4.58. The van der Waals surface area contributed by atoms with Crippen LogP contribution in [0.25, 0.3) is 11.3 Å². The van der Waals surface area contributed by atoms with Crippen LogP contribution in [0.1, 0.15) is 11.3 Å². The molecular formula is C19H18Cl3N3. The zero-order valence-corrected chi connectivity index (χ0v) is 15.8. The van der Waals surface area contributed by atoms with Crippen molar-refractivity contribution < 1.29 is 0 Å². The SMILES string of the molecule is NCCc1c(-c2ccc(Cl)cc2Cl)ncn1CCc1cccc(Cl)c1. The van der Waals surface area contributed by atoms with Gasteiger partial charge in [0.05, 0.1) is 17.0 Å². The molecule has 3 rings (SSSR count). The summed E-state index contributed by atoms with van der Waals surface area (Å²) < 4.78 is 2.13. The van der Waals surface area contributed by atoms with Crippen LogP contribution >= 0.6 is 34.8 Å². The van der Waals surface area contributed by atoms with Gasteiger partial charge in [-0.1, -0.05) is 46.9 Å². The summed E-state index contributed by atoms with van der Waals surface area (Å²) in [6, 6.07) is 13.3. The van der Waals surface area contributed by atoms with Crippen molar-refractivity contribution in [3.05, 3.63) is 75.1 Å².